The molecular weight excluding hydrogens is 600 g/mol. The molecule has 0 spiro atoms. The summed E-state index contributed by atoms with van der Waals surface area (Å²) in [6.07, 6.45) is 37.3. The molecule has 0 unspecified atom stereocenters. The maximum atomic E-state index is 11.8. The molecule has 0 radical (unpaired) electrons. The fourth-order valence-electron chi connectivity index (χ4n) is 8.72. The Labute approximate surface area is 292 Å². The van der Waals surface area contributed by atoms with E-state index < -0.39 is 0 Å². The van der Waals surface area contributed by atoms with Gasteiger partial charge in [0, 0.05) is 36.3 Å². The number of hydrogen-bond acceptors (Lipinski definition) is 3. The van der Waals surface area contributed by atoms with Crippen molar-refractivity contribution in [2.45, 2.75) is 229 Å². The smallest absolute Gasteiger partial charge is 0.315 e. The van der Waals surface area contributed by atoms with E-state index in [1.807, 2.05) is 0 Å². The van der Waals surface area contributed by atoms with E-state index in [2.05, 4.69) is 31.9 Å². The molecule has 6 amide bonds. The summed E-state index contributed by atoms with van der Waals surface area (Å²) in [5.41, 5.74) is 0. The molecule has 0 aromatic rings. The Morgan fingerprint density at radius 1 is 0.229 bits per heavy atom. The molecule has 0 aromatic carbocycles. The van der Waals surface area contributed by atoms with Gasteiger partial charge in [0.25, 0.3) is 0 Å². The molecule has 0 atom stereocenters. The van der Waals surface area contributed by atoms with Crippen molar-refractivity contribution in [2.75, 3.05) is 0 Å². The highest BCUT2D eigenvalue weighted by molar-refractivity contribution is 5.75. The molecule has 9 nitrogen and oxygen atoms in total. The van der Waals surface area contributed by atoms with Gasteiger partial charge in [-0.1, -0.05) is 116 Å². The van der Waals surface area contributed by atoms with Crippen LogP contribution in [0.2, 0.25) is 0 Å². The van der Waals surface area contributed by atoms with Crippen LogP contribution in [0.5, 0.6) is 0 Å². The van der Waals surface area contributed by atoms with Crippen LogP contribution in [0.1, 0.15) is 193 Å². The average Bonchev–Trinajstić information content (AvgIpc) is 3.11. The second-order valence-corrected chi connectivity index (χ2v) is 15.9. The van der Waals surface area contributed by atoms with E-state index in [-0.39, 0.29) is 18.1 Å². The summed E-state index contributed by atoms with van der Waals surface area (Å²) < 4.78 is 0. The molecule has 6 saturated carbocycles. The van der Waals surface area contributed by atoms with Crippen molar-refractivity contribution >= 4 is 18.1 Å². The molecule has 6 fully saturated rings. The maximum absolute atomic E-state index is 11.8. The van der Waals surface area contributed by atoms with Gasteiger partial charge in [0.1, 0.15) is 0 Å². The van der Waals surface area contributed by atoms with Gasteiger partial charge in [-0.2, -0.15) is 0 Å². The molecular formula is C39H72N6O3. The Morgan fingerprint density at radius 3 is 0.479 bits per heavy atom. The summed E-state index contributed by atoms with van der Waals surface area (Å²) in [5.74, 6) is 0. The van der Waals surface area contributed by atoms with Crippen molar-refractivity contribution < 1.29 is 14.4 Å². The van der Waals surface area contributed by atoms with Crippen LogP contribution in [0.3, 0.4) is 0 Å². The third-order valence-electron chi connectivity index (χ3n) is 11.6. The van der Waals surface area contributed by atoms with Gasteiger partial charge in [-0.3, -0.25) is 0 Å². The molecule has 6 aliphatic carbocycles. The molecule has 0 heterocycles. The van der Waals surface area contributed by atoms with Gasteiger partial charge < -0.3 is 31.9 Å². The molecule has 0 aliphatic heterocycles. The highest BCUT2D eigenvalue weighted by Crippen LogP contribution is 2.21. The van der Waals surface area contributed by atoms with Gasteiger partial charge in [0.15, 0.2) is 0 Å². The monoisotopic (exact) mass is 673 g/mol. The van der Waals surface area contributed by atoms with E-state index in [0.29, 0.717) is 36.3 Å². The van der Waals surface area contributed by atoms with Gasteiger partial charge >= 0.3 is 18.1 Å². The van der Waals surface area contributed by atoms with Gasteiger partial charge in [-0.15, -0.1) is 0 Å². The van der Waals surface area contributed by atoms with Crippen LogP contribution in [0, 0.1) is 0 Å². The van der Waals surface area contributed by atoms with Crippen LogP contribution in [-0.4, -0.2) is 54.3 Å². The molecule has 0 saturated heterocycles. The normalized spacial score (nSPS) is 24.0. The van der Waals surface area contributed by atoms with Crippen LogP contribution in [-0.2, 0) is 0 Å². The first-order valence-corrected chi connectivity index (χ1v) is 20.7. The van der Waals surface area contributed by atoms with Gasteiger partial charge in [0.05, 0.1) is 0 Å². The molecule has 48 heavy (non-hydrogen) atoms. The molecule has 9 heteroatoms. The van der Waals surface area contributed by atoms with E-state index in [9.17, 15) is 14.4 Å². The molecule has 6 rings (SSSR count). The third kappa shape index (κ3) is 16.5. The van der Waals surface area contributed by atoms with E-state index in [4.69, 9.17) is 0 Å². The number of carbonyl (C=O) groups is 3. The van der Waals surface area contributed by atoms with Crippen molar-refractivity contribution in [1.29, 1.82) is 0 Å². The Hall–Kier alpha value is -2.19. The molecule has 276 valence electrons. The number of rotatable bonds is 6. The molecule has 6 aliphatic rings. The van der Waals surface area contributed by atoms with Crippen LogP contribution in [0.15, 0.2) is 0 Å². The Morgan fingerprint density at radius 2 is 0.354 bits per heavy atom. The fourth-order valence-corrected chi connectivity index (χ4v) is 8.72. The lowest BCUT2D eigenvalue weighted by Crippen LogP contribution is -2.47. The van der Waals surface area contributed by atoms with Gasteiger partial charge in [-0.25, -0.2) is 14.4 Å². The van der Waals surface area contributed by atoms with Gasteiger partial charge in [-0.05, 0) is 77.0 Å². The fraction of sp³-hybridized carbons (Fsp3) is 0.923. The zero-order chi connectivity index (χ0) is 33.7. The first-order chi connectivity index (χ1) is 23.5. The van der Waals surface area contributed by atoms with Crippen LogP contribution in [0.25, 0.3) is 0 Å². The number of hydrogen-bond donors (Lipinski definition) is 6. The Kier molecular flexibility index (Phi) is 18.7. The van der Waals surface area contributed by atoms with E-state index in [1.54, 1.807) is 0 Å². The standard InChI is InChI=1S/3C13H24N2O/c3*16-13(14-11-7-3-1-4-8-11)15-12-9-5-2-6-10-12/h3*11-12H,1-10H2,(H2,14,15,16). The number of urea groups is 3. The maximum Gasteiger partial charge on any atom is 0.315 e. The van der Waals surface area contributed by atoms with E-state index >= 15 is 0 Å². The van der Waals surface area contributed by atoms with E-state index in [1.165, 1.54) is 116 Å². The average molecular weight is 673 g/mol. The van der Waals surface area contributed by atoms with Crippen LogP contribution < -0.4 is 31.9 Å². The summed E-state index contributed by atoms with van der Waals surface area (Å²) >= 11 is 0. The highest BCUT2D eigenvalue weighted by atomic mass is 16.2. The van der Waals surface area contributed by atoms with Crippen molar-refractivity contribution in [3.8, 4) is 0 Å². The van der Waals surface area contributed by atoms with E-state index in [0.717, 1.165) is 77.0 Å². The largest absolute Gasteiger partial charge is 0.335 e. The molecule has 0 bridgehead atoms. The Bertz CT molecular complexity index is 702. The van der Waals surface area contributed by atoms with Crippen molar-refractivity contribution in [3.63, 3.8) is 0 Å². The lowest BCUT2D eigenvalue weighted by atomic mass is 9.95. The lowest BCUT2D eigenvalue weighted by Gasteiger charge is -2.26. The Balaban J connectivity index is 0.000000163. The minimum absolute atomic E-state index is 0.0683. The SMILES string of the molecule is O=C(NC1CCCCC1)NC1CCCCC1.O=C(NC1CCCCC1)NC1CCCCC1.O=C(NC1CCCCC1)NC1CCCCC1. The summed E-state index contributed by atoms with van der Waals surface area (Å²) in [6, 6.07) is 2.77. The van der Waals surface area contributed by atoms with Crippen LogP contribution in [0.4, 0.5) is 14.4 Å². The second kappa shape index (κ2) is 23.3. The summed E-state index contributed by atoms with van der Waals surface area (Å²) in [6.45, 7) is 0. The minimum Gasteiger partial charge on any atom is -0.335 e. The zero-order valence-electron chi connectivity index (χ0n) is 30.4. The minimum atomic E-state index is 0.0683. The first-order valence-electron chi connectivity index (χ1n) is 20.7. The van der Waals surface area contributed by atoms with Gasteiger partial charge in [0.2, 0.25) is 0 Å². The van der Waals surface area contributed by atoms with Crippen molar-refractivity contribution in [2.24, 2.45) is 0 Å². The quantitative estimate of drug-likeness (QED) is 0.169. The topological polar surface area (TPSA) is 123 Å². The van der Waals surface area contributed by atoms with Crippen LogP contribution >= 0.6 is 0 Å². The summed E-state index contributed by atoms with van der Waals surface area (Å²) in [7, 11) is 0. The summed E-state index contributed by atoms with van der Waals surface area (Å²) in [4.78, 5) is 35.3. The predicted octanol–water partition coefficient (Wildman–Crippen LogP) is 8.85. The molecule has 0 aromatic heterocycles. The first kappa shape index (κ1) is 38.6. The number of amides is 6. The zero-order valence-corrected chi connectivity index (χ0v) is 30.4. The number of carbonyl (C=O) groups excluding carboxylic acids is 3. The predicted molar refractivity (Wildman–Crippen MR) is 196 cm³/mol. The molecule has 6 N–H and O–H groups in total. The third-order valence-corrected chi connectivity index (χ3v) is 11.6. The number of nitrogens with one attached hydrogen (secondary N) is 6. The summed E-state index contributed by atoms with van der Waals surface area (Å²) in [5, 5.41) is 18.7. The van der Waals surface area contributed by atoms with Crippen molar-refractivity contribution in [3.05, 3.63) is 0 Å². The second-order valence-electron chi connectivity index (χ2n) is 15.9. The van der Waals surface area contributed by atoms with Crippen molar-refractivity contribution in [1.82, 2.24) is 31.9 Å². The lowest BCUT2D eigenvalue weighted by molar-refractivity contribution is 0.223. The highest BCUT2D eigenvalue weighted by Gasteiger charge is 2.22.